The SMILES string of the molecule is O=C(CC1Cc2ccccc21)c1ccc(F)cc1. The smallest absolute Gasteiger partial charge is 0.163 e. The fourth-order valence-electron chi connectivity index (χ4n) is 2.52. The van der Waals surface area contributed by atoms with Crippen molar-refractivity contribution in [2.45, 2.75) is 18.8 Å². The van der Waals surface area contributed by atoms with E-state index in [1.807, 2.05) is 12.1 Å². The van der Waals surface area contributed by atoms with Gasteiger partial charge in [0.15, 0.2) is 5.78 Å². The molecule has 1 aliphatic carbocycles. The average Bonchev–Trinajstić information content (AvgIpc) is 2.36. The minimum absolute atomic E-state index is 0.0921. The van der Waals surface area contributed by atoms with Crippen LogP contribution in [0.5, 0.6) is 0 Å². The van der Waals surface area contributed by atoms with Crippen molar-refractivity contribution in [2.24, 2.45) is 0 Å². The third-order valence-corrected chi connectivity index (χ3v) is 3.56. The summed E-state index contributed by atoms with van der Waals surface area (Å²) < 4.78 is 12.8. The highest BCUT2D eigenvalue weighted by Crippen LogP contribution is 2.37. The highest BCUT2D eigenvalue weighted by molar-refractivity contribution is 5.96. The molecule has 2 aromatic rings. The Balaban J connectivity index is 1.72. The van der Waals surface area contributed by atoms with Crippen molar-refractivity contribution in [2.75, 3.05) is 0 Å². The highest BCUT2D eigenvalue weighted by atomic mass is 19.1. The second kappa shape index (κ2) is 4.37. The van der Waals surface area contributed by atoms with Crippen molar-refractivity contribution < 1.29 is 9.18 Å². The van der Waals surface area contributed by atoms with E-state index >= 15 is 0 Å². The summed E-state index contributed by atoms with van der Waals surface area (Å²) in [6.45, 7) is 0. The lowest BCUT2D eigenvalue weighted by atomic mass is 9.74. The predicted octanol–water partition coefficient (Wildman–Crippen LogP) is 3.74. The van der Waals surface area contributed by atoms with E-state index in [9.17, 15) is 9.18 Å². The summed E-state index contributed by atoms with van der Waals surface area (Å²) >= 11 is 0. The fraction of sp³-hybridized carbons (Fsp3) is 0.188. The molecule has 0 fully saturated rings. The average molecular weight is 240 g/mol. The molecule has 3 rings (SSSR count). The Morgan fingerprint density at radius 1 is 1.11 bits per heavy atom. The van der Waals surface area contributed by atoms with E-state index in [0.717, 1.165) is 6.42 Å². The van der Waals surface area contributed by atoms with Crippen LogP contribution in [-0.4, -0.2) is 5.78 Å². The second-order valence-corrected chi connectivity index (χ2v) is 4.73. The van der Waals surface area contributed by atoms with Gasteiger partial charge < -0.3 is 0 Å². The predicted molar refractivity (Wildman–Crippen MR) is 68.2 cm³/mol. The van der Waals surface area contributed by atoms with Crippen LogP contribution in [0.2, 0.25) is 0 Å². The van der Waals surface area contributed by atoms with Crippen LogP contribution in [0.25, 0.3) is 0 Å². The van der Waals surface area contributed by atoms with E-state index in [2.05, 4.69) is 12.1 Å². The molecule has 0 aromatic heterocycles. The number of ketones is 1. The van der Waals surface area contributed by atoms with Gasteiger partial charge in [-0.05, 0) is 47.7 Å². The minimum Gasteiger partial charge on any atom is -0.294 e. The Morgan fingerprint density at radius 2 is 1.83 bits per heavy atom. The van der Waals surface area contributed by atoms with Crippen LogP contribution >= 0.6 is 0 Å². The van der Waals surface area contributed by atoms with Crippen LogP contribution in [0.15, 0.2) is 48.5 Å². The molecule has 0 N–H and O–H groups in total. The molecule has 2 aromatic carbocycles. The molecule has 0 saturated carbocycles. The van der Waals surface area contributed by atoms with Gasteiger partial charge in [0.2, 0.25) is 0 Å². The maximum Gasteiger partial charge on any atom is 0.163 e. The molecular formula is C16H13FO. The zero-order valence-corrected chi connectivity index (χ0v) is 9.90. The van der Waals surface area contributed by atoms with Crippen LogP contribution in [0, 0.1) is 5.82 Å². The molecule has 0 amide bonds. The standard InChI is InChI=1S/C16H13FO/c17-14-7-5-11(6-8-14)16(18)10-13-9-12-3-1-2-4-15(12)13/h1-8,13H,9-10H2. The third-order valence-electron chi connectivity index (χ3n) is 3.56. The van der Waals surface area contributed by atoms with E-state index in [1.165, 1.54) is 23.3 Å². The first-order valence-corrected chi connectivity index (χ1v) is 6.10. The summed E-state index contributed by atoms with van der Waals surface area (Å²) in [5.41, 5.74) is 3.23. The van der Waals surface area contributed by atoms with E-state index in [-0.39, 0.29) is 11.6 Å². The van der Waals surface area contributed by atoms with Gasteiger partial charge in [0.25, 0.3) is 0 Å². The molecule has 1 nitrogen and oxygen atoms in total. The van der Waals surface area contributed by atoms with Gasteiger partial charge in [-0.3, -0.25) is 4.79 Å². The number of halogens is 1. The summed E-state index contributed by atoms with van der Waals surface area (Å²) in [7, 11) is 0. The van der Waals surface area contributed by atoms with Crippen LogP contribution in [-0.2, 0) is 6.42 Å². The zero-order valence-electron chi connectivity index (χ0n) is 9.90. The van der Waals surface area contributed by atoms with Crippen molar-refractivity contribution >= 4 is 5.78 Å². The summed E-state index contributed by atoms with van der Waals surface area (Å²) in [4.78, 5) is 12.0. The largest absolute Gasteiger partial charge is 0.294 e. The molecule has 0 radical (unpaired) electrons. The van der Waals surface area contributed by atoms with Gasteiger partial charge in [-0.15, -0.1) is 0 Å². The molecule has 0 spiro atoms. The molecule has 0 bridgehead atoms. The summed E-state index contributed by atoms with van der Waals surface area (Å²) in [6.07, 6.45) is 1.49. The number of rotatable bonds is 3. The molecule has 1 aliphatic rings. The van der Waals surface area contributed by atoms with E-state index in [0.29, 0.717) is 17.9 Å². The van der Waals surface area contributed by atoms with Gasteiger partial charge in [0, 0.05) is 12.0 Å². The monoisotopic (exact) mass is 240 g/mol. The Morgan fingerprint density at radius 3 is 2.56 bits per heavy atom. The van der Waals surface area contributed by atoms with Gasteiger partial charge in [-0.25, -0.2) is 4.39 Å². The van der Waals surface area contributed by atoms with Crippen LogP contribution in [0.3, 0.4) is 0 Å². The van der Waals surface area contributed by atoms with Gasteiger partial charge >= 0.3 is 0 Å². The summed E-state index contributed by atoms with van der Waals surface area (Å²) in [5, 5.41) is 0. The molecule has 90 valence electrons. The Bertz CT molecular complexity index is 586. The lowest BCUT2D eigenvalue weighted by molar-refractivity contribution is 0.0970. The number of carbonyl (C=O) groups is 1. The molecule has 1 unspecified atom stereocenters. The fourth-order valence-corrected chi connectivity index (χ4v) is 2.52. The lowest BCUT2D eigenvalue weighted by Gasteiger charge is -2.29. The first-order valence-electron chi connectivity index (χ1n) is 6.10. The van der Waals surface area contributed by atoms with Gasteiger partial charge in [-0.1, -0.05) is 24.3 Å². The van der Waals surface area contributed by atoms with E-state index in [4.69, 9.17) is 0 Å². The van der Waals surface area contributed by atoms with Crippen LogP contribution < -0.4 is 0 Å². The van der Waals surface area contributed by atoms with Gasteiger partial charge in [0.05, 0.1) is 0 Å². The number of Topliss-reactive ketones (excluding diaryl/α,β-unsaturated/α-hetero) is 1. The Hall–Kier alpha value is -1.96. The van der Waals surface area contributed by atoms with Crippen molar-refractivity contribution in [1.82, 2.24) is 0 Å². The van der Waals surface area contributed by atoms with Gasteiger partial charge in [-0.2, -0.15) is 0 Å². The number of carbonyl (C=O) groups excluding carboxylic acids is 1. The number of hydrogen-bond donors (Lipinski definition) is 0. The maximum atomic E-state index is 12.8. The van der Waals surface area contributed by atoms with Crippen molar-refractivity contribution in [3.8, 4) is 0 Å². The molecule has 1 atom stereocenters. The molecule has 2 heteroatoms. The first-order chi connectivity index (χ1) is 8.74. The van der Waals surface area contributed by atoms with Crippen LogP contribution in [0.1, 0.15) is 33.8 Å². The van der Waals surface area contributed by atoms with Crippen molar-refractivity contribution in [3.63, 3.8) is 0 Å². The second-order valence-electron chi connectivity index (χ2n) is 4.73. The normalized spacial score (nSPS) is 16.8. The molecule has 0 saturated heterocycles. The molecular weight excluding hydrogens is 227 g/mol. The Kier molecular flexibility index (Phi) is 2.71. The maximum absolute atomic E-state index is 12.8. The minimum atomic E-state index is -0.305. The summed E-state index contributed by atoms with van der Waals surface area (Å²) in [6, 6.07) is 14.0. The Labute approximate surface area is 105 Å². The van der Waals surface area contributed by atoms with Crippen LogP contribution in [0.4, 0.5) is 4.39 Å². The number of hydrogen-bond acceptors (Lipinski definition) is 1. The highest BCUT2D eigenvalue weighted by Gasteiger charge is 2.27. The van der Waals surface area contributed by atoms with Gasteiger partial charge in [0.1, 0.15) is 5.82 Å². The van der Waals surface area contributed by atoms with Crippen molar-refractivity contribution in [1.29, 1.82) is 0 Å². The molecule has 0 aliphatic heterocycles. The quantitative estimate of drug-likeness (QED) is 0.747. The summed E-state index contributed by atoms with van der Waals surface area (Å²) in [5.74, 6) is 0.119. The van der Waals surface area contributed by atoms with E-state index in [1.54, 1.807) is 12.1 Å². The molecule has 18 heavy (non-hydrogen) atoms. The topological polar surface area (TPSA) is 17.1 Å². The first kappa shape index (κ1) is 11.1. The number of benzene rings is 2. The third kappa shape index (κ3) is 1.94. The number of fused-ring (bicyclic) bond motifs is 1. The van der Waals surface area contributed by atoms with E-state index < -0.39 is 0 Å². The molecule has 0 heterocycles. The lowest BCUT2D eigenvalue weighted by Crippen LogP contribution is -2.20. The zero-order chi connectivity index (χ0) is 12.5. The van der Waals surface area contributed by atoms with Crippen molar-refractivity contribution in [3.05, 3.63) is 71.0 Å².